The Morgan fingerprint density at radius 2 is 2.15 bits per heavy atom. The lowest BCUT2D eigenvalue weighted by Gasteiger charge is -2.44. The van der Waals surface area contributed by atoms with E-state index in [-0.39, 0.29) is 17.5 Å². The maximum absolute atomic E-state index is 10.6. The lowest BCUT2D eigenvalue weighted by Crippen LogP contribution is -2.70. The van der Waals surface area contributed by atoms with Gasteiger partial charge < -0.3 is 15.7 Å². The molecule has 1 heterocycles. The molecule has 2 fully saturated rings. The van der Waals surface area contributed by atoms with E-state index in [1.807, 2.05) is 0 Å². The molecule has 0 spiro atoms. The fourth-order valence-corrected chi connectivity index (χ4v) is 1.93. The highest BCUT2D eigenvalue weighted by Gasteiger charge is 2.48. The Kier molecular flexibility index (Phi) is 1.85. The molecule has 0 atom stereocenters. The van der Waals surface area contributed by atoms with E-state index in [9.17, 15) is 4.79 Å². The highest BCUT2D eigenvalue weighted by Crippen LogP contribution is 2.37. The summed E-state index contributed by atoms with van der Waals surface area (Å²) in [5, 5.41) is 15.4. The topological polar surface area (TPSA) is 61.4 Å². The molecule has 0 radical (unpaired) electrons. The number of carbonyl (C=O) groups is 1. The van der Waals surface area contributed by atoms with Crippen LogP contribution in [0.3, 0.4) is 0 Å². The highest BCUT2D eigenvalue weighted by atomic mass is 16.4. The van der Waals surface area contributed by atoms with E-state index < -0.39 is 5.97 Å². The number of hydrogen-bond donors (Lipinski definition) is 3. The molecule has 0 bridgehead atoms. The van der Waals surface area contributed by atoms with E-state index in [2.05, 4.69) is 17.6 Å². The van der Waals surface area contributed by atoms with Crippen LogP contribution in [0.5, 0.6) is 0 Å². The number of carboxylic acids is 1. The summed E-state index contributed by atoms with van der Waals surface area (Å²) in [7, 11) is 0. The molecule has 0 aromatic heterocycles. The Balaban J connectivity index is 1.94. The quantitative estimate of drug-likeness (QED) is 0.573. The van der Waals surface area contributed by atoms with Crippen molar-refractivity contribution < 1.29 is 9.90 Å². The normalized spacial score (nSPS) is 27.8. The van der Waals surface area contributed by atoms with Crippen molar-refractivity contribution in [1.82, 2.24) is 10.6 Å². The Morgan fingerprint density at radius 3 is 2.46 bits per heavy atom. The Hall–Kier alpha value is -0.610. The first-order valence-corrected chi connectivity index (χ1v) is 4.76. The number of rotatable bonds is 4. The van der Waals surface area contributed by atoms with Crippen LogP contribution < -0.4 is 10.6 Å². The zero-order valence-corrected chi connectivity index (χ0v) is 7.89. The first-order valence-electron chi connectivity index (χ1n) is 4.76. The third-order valence-corrected chi connectivity index (χ3v) is 2.98. The van der Waals surface area contributed by atoms with Crippen LogP contribution in [-0.4, -0.2) is 35.2 Å². The SMILES string of the molecule is CC1(NC2(CC(=O)O)CNC2)CC1. The first-order chi connectivity index (χ1) is 6.04. The maximum atomic E-state index is 10.6. The number of aliphatic carboxylic acids is 1. The monoisotopic (exact) mass is 184 g/mol. The van der Waals surface area contributed by atoms with E-state index in [1.54, 1.807) is 0 Å². The second-order valence-corrected chi connectivity index (χ2v) is 4.64. The highest BCUT2D eigenvalue weighted by molar-refractivity contribution is 5.69. The lowest BCUT2D eigenvalue weighted by atomic mass is 9.87. The van der Waals surface area contributed by atoms with Gasteiger partial charge in [0.25, 0.3) is 0 Å². The number of carboxylic acid groups (broad SMARTS) is 1. The van der Waals surface area contributed by atoms with Gasteiger partial charge in [-0.3, -0.25) is 4.79 Å². The third kappa shape index (κ3) is 1.84. The van der Waals surface area contributed by atoms with Crippen LogP contribution in [0.1, 0.15) is 26.2 Å². The van der Waals surface area contributed by atoms with Gasteiger partial charge in [0.15, 0.2) is 0 Å². The summed E-state index contributed by atoms with van der Waals surface area (Å²) in [6.07, 6.45) is 2.58. The minimum absolute atomic E-state index is 0.170. The molecule has 3 N–H and O–H groups in total. The van der Waals surface area contributed by atoms with Gasteiger partial charge in [-0.25, -0.2) is 0 Å². The van der Waals surface area contributed by atoms with Gasteiger partial charge >= 0.3 is 5.97 Å². The fourth-order valence-electron chi connectivity index (χ4n) is 1.93. The standard InChI is InChI=1S/C9H16N2O2/c1-8(2-3-8)11-9(4-7(12)13)5-10-6-9/h10-11H,2-6H2,1H3,(H,12,13). The smallest absolute Gasteiger partial charge is 0.305 e. The molecule has 0 unspecified atom stereocenters. The molecule has 2 aliphatic rings. The van der Waals surface area contributed by atoms with Crippen molar-refractivity contribution >= 4 is 5.97 Å². The summed E-state index contributed by atoms with van der Waals surface area (Å²) in [6, 6.07) is 0. The molecule has 0 amide bonds. The van der Waals surface area contributed by atoms with Gasteiger partial charge in [0.2, 0.25) is 0 Å². The van der Waals surface area contributed by atoms with E-state index in [0.717, 1.165) is 13.1 Å². The average molecular weight is 184 g/mol. The van der Waals surface area contributed by atoms with Gasteiger partial charge in [0.05, 0.1) is 12.0 Å². The summed E-state index contributed by atoms with van der Waals surface area (Å²) in [6.45, 7) is 3.73. The van der Waals surface area contributed by atoms with E-state index >= 15 is 0 Å². The lowest BCUT2D eigenvalue weighted by molar-refractivity contribution is -0.139. The average Bonchev–Trinajstić information content (AvgIpc) is 2.62. The molecule has 74 valence electrons. The predicted molar refractivity (Wildman–Crippen MR) is 48.6 cm³/mol. The van der Waals surface area contributed by atoms with E-state index in [4.69, 9.17) is 5.11 Å². The van der Waals surface area contributed by atoms with Gasteiger partial charge in [-0.05, 0) is 19.8 Å². The van der Waals surface area contributed by atoms with Gasteiger partial charge in [0, 0.05) is 18.6 Å². The van der Waals surface area contributed by atoms with Crippen molar-refractivity contribution in [1.29, 1.82) is 0 Å². The van der Waals surface area contributed by atoms with Crippen LogP contribution in [0, 0.1) is 0 Å². The first kappa shape index (κ1) is 8.97. The van der Waals surface area contributed by atoms with E-state index in [1.165, 1.54) is 12.8 Å². The maximum Gasteiger partial charge on any atom is 0.305 e. The minimum Gasteiger partial charge on any atom is -0.481 e. The van der Waals surface area contributed by atoms with Crippen LogP contribution in [0.15, 0.2) is 0 Å². The zero-order valence-electron chi connectivity index (χ0n) is 7.89. The van der Waals surface area contributed by atoms with Crippen LogP contribution in [0.2, 0.25) is 0 Å². The predicted octanol–water partition coefficient (Wildman–Crippen LogP) is -0.0548. The van der Waals surface area contributed by atoms with Gasteiger partial charge in [0.1, 0.15) is 0 Å². The van der Waals surface area contributed by atoms with Crippen molar-refractivity contribution in [2.24, 2.45) is 0 Å². The summed E-state index contributed by atoms with van der Waals surface area (Å²) in [4.78, 5) is 10.6. The summed E-state index contributed by atoms with van der Waals surface area (Å²) >= 11 is 0. The molecule has 1 saturated heterocycles. The molecule has 1 aliphatic heterocycles. The Bertz CT molecular complexity index is 232. The number of nitrogens with one attached hydrogen (secondary N) is 2. The number of hydrogen-bond acceptors (Lipinski definition) is 3. The summed E-state index contributed by atoms with van der Waals surface area (Å²) < 4.78 is 0. The minimum atomic E-state index is -0.710. The zero-order chi connectivity index (χ0) is 9.53. The Labute approximate surface area is 77.7 Å². The van der Waals surface area contributed by atoms with Crippen molar-refractivity contribution in [2.75, 3.05) is 13.1 Å². The molecule has 2 rings (SSSR count). The second kappa shape index (κ2) is 2.69. The molecule has 1 aliphatic carbocycles. The molecule has 4 heteroatoms. The second-order valence-electron chi connectivity index (χ2n) is 4.64. The van der Waals surface area contributed by atoms with Crippen LogP contribution >= 0.6 is 0 Å². The molecule has 1 saturated carbocycles. The van der Waals surface area contributed by atoms with Crippen molar-refractivity contribution in [2.45, 2.75) is 37.3 Å². The van der Waals surface area contributed by atoms with Gasteiger partial charge in [-0.2, -0.15) is 0 Å². The van der Waals surface area contributed by atoms with Crippen molar-refractivity contribution in [3.05, 3.63) is 0 Å². The summed E-state index contributed by atoms with van der Waals surface area (Å²) in [5.74, 6) is -0.710. The molecule has 13 heavy (non-hydrogen) atoms. The molecule has 0 aromatic carbocycles. The van der Waals surface area contributed by atoms with Crippen LogP contribution in [0.25, 0.3) is 0 Å². The largest absolute Gasteiger partial charge is 0.481 e. The van der Waals surface area contributed by atoms with Gasteiger partial charge in [-0.15, -0.1) is 0 Å². The molecule has 0 aromatic rings. The third-order valence-electron chi connectivity index (χ3n) is 2.98. The van der Waals surface area contributed by atoms with Crippen molar-refractivity contribution in [3.63, 3.8) is 0 Å². The molecule has 4 nitrogen and oxygen atoms in total. The van der Waals surface area contributed by atoms with E-state index in [0.29, 0.717) is 0 Å². The summed E-state index contributed by atoms with van der Waals surface area (Å²) in [5.41, 5.74) is 0.0502. The van der Waals surface area contributed by atoms with Crippen LogP contribution in [-0.2, 0) is 4.79 Å². The Morgan fingerprint density at radius 1 is 1.54 bits per heavy atom. The van der Waals surface area contributed by atoms with Crippen molar-refractivity contribution in [3.8, 4) is 0 Å². The molecular weight excluding hydrogens is 168 g/mol. The van der Waals surface area contributed by atoms with Crippen LogP contribution in [0.4, 0.5) is 0 Å². The fraction of sp³-hybridized carbons (Fsp3) is 0.889. The van der Waals surface area contributed by atoms with Gasteiger partial charge in [-0.1, -0.05) is 0 Å². The molecular formula is C9H16N2O2.